The second kappa shape index (κ2) is 9.26. The highest BCUT2D eigenvalue weighted by Crippen LogP contribution is 2.32. The predicted octanol–water partition coefficient (Wildman–Crippen LogP) is 3.71. The first-order chi connectivity index (χ1) is 11.2. The van der Waals surface area contributed by atoms with Crippen molar-refractivity contribution in [1.29, 1.82) is 0 Å². The fourth-order valence-electron chi connectivity index (χ4n) is 3.32. The predicted molar refractivity (Wildman–Crippen MR) is 93.1 cm³/mol. The first-order valence-electron chi connectivity index (χ1n) is 8.68. The normalized spacial score (nSPS) is 18.6. The van der Waals surface area contributed by atoms with E-state index in [1.165, 1.54) is 19.3 Å². The maximum Gasteiger partial charge on any atom is 0.119 e. The first-order valence-corrected chi connectivity index (χ1v) is 8.68. The summed E-state index contributed by atoms with van der Waals surface area (Å²) >= 11 is 0. The Morgan fingerprint density at radius 1 is 1.17 bits per heavy atom. The van der Waals surface area contributed by atoms with Crippen molar-refractivity contribution >= 4 is 0 Å². The van der Waals surface area contributed by atoms with Gasteiger partial charge in [-0.1, -0.05) is 31.4 Å². The van der Waals surface area contributed by atoms with Gasteiger partial charge in [0.15, 0.2) is 0 Å². The van der Waals surface area contributed by atoms with Gasteiger partial charge >= 0.3 is 0 Å². The molecular weight excluding hydrogens is 290 g/mol. The molecule has 2 rings (SSSR count). The summed E-state index contributed by atoms with van der Waals surface area (Å²) in [5.74, 6) is 0.899. The topological polar surface area (TPSA) is 39.7 Å². The molecule has 1 fully saturated rings. The van der Waals surface area contributed by atoms with Gasteiger partial charge in [0, 0.05) is 14.2 Å². The molecule has 0 aromatic heterocycles. The lowest BCUT2D eigenvalue weighted by molar-refractivity contribution is -0.0687. The molecule has 0 radical (unpaired) electrons. The van der Waals surface area contributed by atoms with Crippen LogP contribution in [0.1, 0.15) is 50.2 Å². The molecule has 0 aliphatic heterocycles. The monoisotopic (exact) mass is 321 g/mol. The van der Waals surface area contributed by atoms with Gasteiger partial charge < -0.3 is 19.5 Å². The molecule has 23 heavy (non-hydrogen) atoms. The minimum absolute atomic E-state index is 0.0945. The lowest BCUT2D eigenvalue weighted by Gasteiger charge is -2.35. The van der Waals surface area contributed by atoms with E-state index in [1.54, 1.807) is 7.11 Å². The van der Waals surface area contributed by atoms with Crippen LogP contribution in [0.15, 0.2) is 24.3 Å². The average Bonchev–Trinajstić information content (AvgIpc) is 2.62. The largest absolute Gasteiger partial charge is 0.491 e. The zero-order chi connectivity index (χ0) is 16.5. The molecule has 0 bridgehead atoms. The summed E-state index contributed by atoms with van der Waals surface area (Å²) in [5, 5.41) is 3.17. The molecule has 1 saturated carbocycles. The third-order valence-corrected chi connectivity index (χ3v) is 4.87. The standard InChI is InChI=1S/C19H31NO3/c1-20-13-10-18(21-2)16-8-7-9-17(14-16)23-15-19(22-3)11-5-4-6-12-19/h7-9,14,18,20H,4-6,10-13,15H2,1-3H3. The van der Waals surface area contributed by atoms with Crippen LogP contribution in [0.25, 0.3) is 0 Å². The fourth-order valence-corrected chi connectivity index (χ4v) is 3.32. The molecule has 1 N–H and O–H groups in total. The van der Waals surface area contributed by atoms with Gasteiger partial charge in [0.1, 0.15) is 18.0 Å². The highest BCUT2D eigenvalue weighted by atomic mass is 16.5. The first kappa shape index (κ1) is 18.2. The van der Waals surface area contributed by atoms with E-state index in [9.17, 15) is 0 Å². The molecule has 0 amide bonds. The lowest BCUT2D eigenvalue weighted by Crippen LogP contribution is -2.40. The van der Waals surface area contributed by atoms with Crippen molar-refractivity contribution in [2.75, 3.05) is 34.4 Å². The highest BCUT2D eigenvalue weighted by molar-refractivity contribution is 5.30. The Hall–Kier alpha value is -1.10. The van der Waals surface area contributed by atoms with Gasteiger partial charge in [-0.05, 0) is 50.6 Å². The van der Waals surface area contributed by atoms with Crippen molar-refractivity contribution in [2.45, 2.75) is 50.2 Å². The van der Waals surface area contributed by atoms with Gasteiger partial charge in [0.2, 0.25) is 0 Å². The zero-order valence-corrected chi connectivity index (χ0v) is 14.8. The number of rotatable bonds is 9. The van der Waals surface area contributed by atoms with E-state index in [0.717, 1.165) is 37.1 Å². The van der Waals surface area contributed by atoms with Crippen LogP contribution in [0.3, 0.4) is 0 Å². The Kier molecular flexibility index (Phi) is 7.34. The van der Waals surface area contributed by atoms with Crippen molar-refractivity contribution in [3.05, 3.63) is 29.8 Å². The van der Waals surface area contributed by atoms with Crippen LogP contribution < -0.4 is 10.1 Å². The summed E-state index contributed by atoms with van der Waals surface area (Å²) in [4.78, 5) is 0. The third-order valence-electron chi connectivity index (χ3n) is 4.87. The van der Waals surface area contributed by atoms with Gasteiger partial charge in [0.25, 0.3) is 0 Å². The molecule has 0 heterocycles. The van der Waals surface area contributed by atoms with Gasteiger partial charge in [0.05, 0.1) is 6.10 Å². The zero-order valence-electron chi connectivity index (χ0n) is 14.8. The highest BCUT2D eigenvalue weighted by Gasteiger charge is 2.32. The second-order valence-electron chi connectivity index (χ2n) is 6.43. The van der Waals surface area contributed by atoms with Crippen LogP contribution in [0.2, 0.25) is 0 Å². The third kappa shape index (κ3) is 5.20. The van der Waals surface area contributed by atoms with Crippen LogP contribution in [0.4, 0.5) is 0 Å². The smallest absolute Gasteiger partial charge is 0.119 e. The Balaban J connectivity index is 1.98. The molecule has 0 saturated heterocycles. The number of benzene rings is 1. The number of ether oxygens (including phenoxy) is 3. The summed E-state index contributed by atoms with van der Waals surface area (Å²) < 4.78 is 17.5. The molecule has 1 aromatic carbocycles. The van der Waals surface area contributed by atoms with Gasteiger partial charge in [-0.25, -0.2) is 0 Å². The van der Waals surface area contributed by atoms with Crippen molar-refractivity contribution in [3.8, 4) is 5.75 Å². The molecule has 1 atom stereocenters. The van der Waals surface area contributed by atoms with Gasteiger partial charge in [-0.3, -0.25) is 0 Å². The van der Waals surface area contributed by atoms with Crippen molar-refractivity contribution in [2.24, 2.45) is 0 Å². The maximum atomic E-state index is 6.08. The molecule has 4 nitrogen and oxygen atoms in total. The molecule has 1 aliphatic carbocycles. The molecule has 1 aromatic rings. The van der Waals surface area contributed by atoms with E-state index in [2.05, 4.69) is 17.4 Å². The van der Waals surface area contributed by atoms with Crippen LogP contribution in [-0.2, 0) is 9.47 Å². The van der Waals surface area contributed by atoms with Gasteiger partial charge in [-0.2, -0.15) is 0 Å². The second-order valence-corrected chi connectivity index (χ2v) is 6.43. The Bertz CT molecular complexity index is 458. The van der Waals surface area contributed by atoms with E-state index in [0.29, 0.717) is 6.61 Å². The lowest BCUT2D eigenvalue weighted by atomic mass is 9.85. The fraction of sp³-hybridized carbons (Fsp3) is 0.684. The van der Waals surface area contributed by atoms with E-state index < -0.39 is 0 Å². The summed E-state index contributed by atoms with van der Waals surface area (Å²) in [6, 6.07) is 8.25. The van der Waals surface area contributed by atoms with Crippen LogP contribution in [0, 0.1) is 0 Å². The quantitative estimate of drug-likeness (QED) is 0.752. The number of nitrogens with one attached hydrogen (secondary N) is 1. The van der Waals surface area contributed by atoms with Crippen molar-refractivity contribution in [3.63, 3.8) is 0 Å². The summed E-state index contributed by atoms with van der Waals surface area (Å²) in [6.45, 7) is 1.55. The van der Waals surface area contributed by atoms with E-state index >= 15 is 0 Å². The van der Waals surface area contributed by atoms with Gasteiger partial charge in [-0.15, -0.1) is 0 Å². The van der Waals surface area contributed by atoms with E-state index in [4.69, 9.17) is 14.2 Å². The Morgan fingerprint density at radius 3 is 2.61 bits per heavy atom. The molecular formula is C19H31NO3. The molecule has 1 unspecified atom stereocenters. The summed E-state index contributed by atoms with van der Waals surface area (Å²) in [5.41, 5.74) is 1.05. The summed E-state index contributed by atoms with van der Waals surface area (Å²) in [7, 11) is 5.53. The average molecular weight is 321 g/mol. The van der Waals surface area contributed by atoms with Crippen molar-refractivity contribution < 1.29 is 14.2 Å². The Labute approximate surface area is 140 Å². The van der Waals surface area contributed by atoms with E-state index in [-0.39, 0.29) is 11.7 Å². The van der Waals surface area contributed by atoms with Crippen molar-refractivity contribution in [1.82, 2.24) is 5.32 Å². The molecule has 1 aliphatic rings. The molecule has 4 heteroatoms. The Morgan fingerprint density at radius 2 is 1.96 bits per heavy atom. The minimum atomic E-state index is -0.110. The number of hydrogen-bond acceptors (Lipinski definition) is 4. The number of methoxy groups -OCH3 is 2. The number of hydrogen-bond donors (Lipinski definition) is 1. The maximum absolute atomic E-state index is 6.08. The van der Waals surface area contributed by atoms with Crippen LogP contribution >= 0.6 is 0 Å². The minimum Gasteiger partial charge on any atom is -0.491 e. The molecule has 0 spiro atoms. The van der Waals surface area contributed by atoms with Crippen LogP contribution in [0.5, 0.6) is 5.75 Å². The van der Waals surface area contributed by atoms with E-state index in [1.807, 2.05) is 26.3 Å². The SMILES string of the molecule is CNCCC(OC)c1cccc(OCC2(OC)CCCCC2)c1. The molecule has 130 valence electrons. The summed E-state index contributed by atoms with van der Waals surface area (Å²) in [6.07, 6.45) is 6.98. The van der Waals surface area contributed by atoms with Crippen LogP contribution in [-0.4, -0.2) is 40.0 Å².